The number of fused-ring (bicyclic) bond motifs is 1. The molecule has 4 aromatic rings. The van der Waals surface area contributed by atoms with Crippen LogP contribution < -0.4 is 10.2 Å². The molecule has 0 saturated heterocycles. The molecule has 1 aliphatic rings. The number of hydrogen-bond donors (Lipinski definition) is 1. The number of nitrogens with zero attached hydrogens (tertiary/aromatic N) is 7. The molecular weight excluding hydrogens is 561 g/mol. The van der Waals surface area contributed by atoms with E-state index in [1.54, 1.807) is 52.8 Å². The number of aromatic nitrogens is 6. The summed E-state index contributed by atoms with van der Waals surface area (Å²) in [5, 5.41) is 12.2. The quantitative estimate of drug-likeness (QED) is 0.330. The smallest absolute Gasteiger partial charge is 0.343 e. The molecule has 0 aliphatic carbocycles. The molecule has 1 unspecified atom stereocenters. The molecule has 2 amide bonds. The molecule has 0 saturated carbocycles. The van der Waals surface area contributed by atoms with Crippen molar-refractivity contribution < 1.29 is 22.8 Å². The number of halogens is 4. The van der Waals surface area contributed by atoms with Gasteiger partial charge in [0.25, 0.3) is 5.91 Å². The topological polar surface area (TPSA) is 103 Å². The van der Waals surface area contributed by atoms with E-state index in [0.29, 0.717) is 34.3 Å². The van der Waals surface area contributed by atoms with Gasteiger partial charge in [-0.05, 0) is 26.3 Å². The van der Waals surface area contributed by atoms with E-state index < -0.39 is 17.9 Å². The van der Waals surface area contributed by atoms with Crippen molar-refractivity contribution in [3.63, 3.8) is 0 Å². The molecule has 41 heavy (non-hydrogen) atoms. The van der Waals surface area contributed by atoms with Crippen LogP contribution in [0.3, 0.4) is 0 Å². The van der Waals surface area contributed by atoms with E-state index in [1.807, 2.05) is 13.8 Å². The maximum atomic E-state index is 13.5. The van der Waals surface area contributed by atoms with Crippen LogP contribution in [0, 0.1) is 0 Å². The van der Waals surface area contributed by atoms with Gasteiger partial charge in [-0.2, -0.15) is 23.4 Å². The zero-order valence-corrected chi connectivity index (χ0v) is 23.5. The van der Waals surface area contributed by atoms with Gasteiger partial charge in [0.15, 0.2) is 5.69 Å². The lowest BCUT2D eigenvalue weighted by molar-refractivity contribution is -0.141. The van der Waals surface area contributed by atoms with Crippen molar-refractivity contribution in [3.8, 4) is 22.8 Å². The summed E-state index contributed by atoms with van der Waals surface area (Å²) in [5.41, 5.74) is 1.41. The first kappa shape index (κ1) is 28.4. The highest BCUT2D eigenvalue weighted by atomic mass is 35.5. The third-order valence-electron chi connectivity index (χ3n) is 6.78. The number of aryl methyl sites for hydroxylation is 1. The minimum absolute atomic E-state index is 0.00937. The van der Waals surface area contributed by atoms with Gasteiger partial charge in [0, 0.05) is 37.3 Å². The number of carbonyl (C=O) groups excluding carboxylic acids is 2. The van der Waals surface area contributed by atoms with E-state index in [0.717, 1.165) is 11.8 Å². The standard InChI is InChI=1S/C27H28ClF3N8O2/c1-5-36-14-22(27(29,30)31)34-25(36)18-8-6-17(7-9-18)12-37-23-10-20(24-19(28)11-32-39(24)15(2)3)35-38(23)13-21(26(37)41)33-16(4)40/h6-11,14-15,21H,5,12-13H2,1-4H3,(H,33,40). The summed E-state index contributed by atoms with van der Waals surface area (Å²) < 4.78 is 44.6. The number of nitrogens with one attached hydrogen (secondary N) is 1. The molecule has 14 heteroatoms. The molecule has 5 rings (SSSR count). The average Bonchev–Trinajstić information content (AvgIpc) is 3.62. The van der Waals surface area contributed by atoms with E-state index in [4.69, 9.17) is 16.7 Å². The Kier molecular flexibility index (Phi) is 7.41. The molecule has 3 aromatic heterocycles. The molecule has 1 atom stereocenters. The van der Waals surface area contributed by atoms with Gasteiger partial charge in [-0.15, -0.1) is 0 Å². The lowest BCUT2D eigenvalue weighted by Crippen LogP contribution is -2.54. The maximum absolute atomic E-state index is 13.5. The molecule has 0 spiro atoms. The SMILES string of the molecule is CCn1cc(C(F)(F)F)nc1-c1ccc(CN2C(=O)C(NC(C)=O)Cn3nc(-c4c(Cl)cnn4C(C)C)cc32)cc1. The molecule has 0 bridgehead atoms. The van der Waals surface area contributed by atoms with E-state index in [-0.39, 0.29) is 36.8 Å². The fourth-order valence-corrected chi connectivity index (χ4v) is 5.10. The number of benzene rings is 1. The van der Waals surface area contributed by atoms with Crippen molar-refractivity contribution in [1.29, 1.82) is 0 Å². The van der Waals surface area contributed by atoms with Gasteiger partial charge in [-0.1, -0.05) is 35.9 Å². The Labute approximate surface area is 238 Å². The largest absolute Gasteiger partial charge is 0.434 e. The molecule has 4 heterocycles. The number of hydrogen-bond acceptors (Lipinski definition) is 5. The van der Waals surface area contributed by atoms with Crippen molar-refractivity contribution >= 4 is 29.2 Å². The lowest BCUT2D eigenvalue weighted by atomic mass is 10.1. The minimum Gasteiger partial charge on any atom is -0.343 e. The highest BCUT2D eigenvalue weighted by Gasteiger charge is 2.36. The van der Waals surface area contributed by atoms with Gasteiger partial charge in [0.2, 0.25) is 5.91 Å². The number of anilines is 1. The Hall–Kier alpha value is -4.13. The summed E-state index contributed by atoms with van der Waals surface area (Å²) in [6, 6.07) is 7.75. The van der Waals surface area contributed by atoms with Crippen molar-refractivity contribution in [2.45, 2.75) is 65.6 Å². The lowest BCUT2D eigenvalue weighted by Gasteiger charge is -2.33. The summed E-state index contributed by atoms with van der Waals surface area (Å²) >= 11 is 6.45. The van der Waals surface area contributed by atoms with E-state index in [2.05, 4.69) is 15.4 Å². The van der Waals surface area contributed by atoms with Gasteiger partial charge in [0.05, 0.1) is 24.3 Å². The van der Waals surface area contributed by atoms with Crippen LogP contribution in [0.15, 0.2) is 42.7 Å². The molecule has 1 aromatic carbocycles. The van der Waals surface area contributed by atoms with Crippen LogP contribution >= 0.6 is 11.6 Å². The van der Waals surface area contributed by atoms with Crippen LogP contribution in [0.4, 0.5) is 19.0 Å². The summed E-state index contributed by atoms with van der Waals surface area (Å²) in [4.78, 5) is 30.7. The van der Waals surface area contributed by atoms with Crippen LogP contribution in [0.25, 0.3) is 22.8 Å². The van der Waals surface area contributed by atoms with Crippen molar-refractivity contribution in [3.05, 3.63) is 59.0 Å². The number of rotatable bonds is 7. The van der Waals surface area contributed by atoms with Crippen molar-refractivity contribution in [2.75, 3.05) is 4.90 Å². The van der Waals surface area contributed by atoms with Crippen LogP contribution in [0.5, 0.6) is 0 Å². The number of amides is 2. The highest BCUT2D eigenvalue weighted by molar-refractivity contribution is 6.33. The second kappa shape index (κ2) is 10.7. The number of carbonyl (C=O) groups is 2. The summed E-state index contributed by atoms with van der Waals surface area (Å²) in [6.07, 6.45) is -2.01. The van der Waals surface area contributed by atoms with Crippen molar-refractivity contribution in [1.82, 2.24) is 34.4 Å². The first-order chi connectivity index (χ1) is 19.4. The molecule has 216 valence electrons. The maximum Gasteiger partial charge on any atom is 0.434 e. The minimum atomic E-state index is -4.55. The van der Waals surface area contributed by atoms with Crippen LogP contribution in [-0.4, -0.2) is 47.0 Å². The molecule has 0 radical (unpaired) electrons. The summed E-state index contributed by atoms with van der Waals surface area (Å²) in [7, 11) is 0. The average molecular weight is 589 g/mol. The Balaban J connectivity index is 1.49. The zero-order valence-electron chi connectivity index (χ0n) is 22.8. The van der Waals surface area contributed by atoms with Crippen LogP contribution in [0.1, 0.15) is 45.0 Å². The predicted molar refractivity (Wildman–Crippen MR) is 146 cm³/mol. The molecule has 1 aliphatic heterocycles. The van der Waals surface area contributed by atoms with Gasteiger partial charge in [-0.3, -0.25) is 19.2 Å². The fraction of sp³-hybridized carbons (Fsp3) is 0.370. The third-order valence-corrected chi connectivity index (χ3v) is 7.05. The fourth-order valence-electron chi connectivity index (χ4n) is 4.88. The summed E-state index contributed by atoms with van der Waals surface area (Å²) in [5.74, 6) is 0.0456. The molecule has 10 nitrogen and oxygen atoms in total. The monoisotopic (exact) mass is 588 g/mol. The first-order valence-corrected chi connectivity index (χ1v) is 13.4. The second-order valence-corrected chi connectivity index (χ2v) is 10.5. The molecule has 1 N–H and O–H groups in total. The van der Waals surface area contributed by atoms with Gasteiger partial charge >= 0.3 is 6.18 Å². The van der Waals surface area contributed by atoms with E-state index in [9.17, 15) is 22.8 Å². The Morgan fingerprint density at radius 3 is 2.54 bits per heavy atom. The van der Waals surface area contributed by atoms with Gasteiger partial charge < -0.3 is 9.88 Å². The van der Waals surface area contributed by atoms with Crippen LogP contribution in [0.2, 0.25) is 5.02 Å². The van der Waals surface area contributed by atoms with Gasteiger partial charge in [-0.25, -0.2) is 9.67 Å². The predicted octanol–water partition coefficient (Wildman–Crippen LogP) is 4.93. The molecular formula is C27H28ClF3N8O2. The Bertz CT molecular complexity index is 1600. The molecule has 0 fully saturated rings. The first-order valence-electron chi connectivity index (χ1n) is 13.0. The summed E-state index contributed by atoms with van der Waals surface area (Å²) in [6.45, 7) is 7.60. The zero-order chi connectivity index (χ0) is 29.6. The Morgan fingerprint density at radius 2 is 1.93 bits per heavy atom. The Morgan fingerprint density at radius 1 is 1.22 bits per heavy atom. The number of imidazole rings is 1. The second-order valence-electron chi connectivity index (χ2n) is 10.1. The third kappa shape index (κ3) is 5.45. The van der Waals surface area contributed by atoms with Crippen molar-refractivity contribution in [2.24, 2.45) is 0 Å². The van der Waals surface area contributed by atoms with E-state index in [1.165, 1.54) is 16.4 Å². The van der Waals surface area contributed by atoms with Gasteiger partial charge in [0.1, 0.15) is 29.1 Å². The normalized spacial score (nSPS) is 15.5. The highest BCUT2D eigenvalue weighted by Crippen LogP contribution is 2.35. The van der Waals surface area contributed by atoms with E-state index >= 15 is 0 Å². The number of alkyl halides is 3. The van der Waals surface area contributed by atoms with Crippen LogP contribution in [-0.2, 0) is 35.4 Å².